The molecule has 1 rings (SSSR count). The van der Waals surface area contributed by atoms with E-state index in [-0.39, 0.29) is 0 Å². The third kappa shape index (κ3) is 3.50. The Morgan fingerprint density at radius 2 is 2.38 bits per heavy atom. The van der Waals surface area contributed by atoms with Crippen LogP contribution in [0.2, 0.25) is 0 Å². The first-order valence-electron chi connectivity index (χ1n) is 5.64. The van der Waals surface area contributed by atoms with Gasteiger partial charge < -0.3 is 14.4 Å². The number of methoxy groups -OCH3 is 1. The minimum atomic E-state index is 0.309. The Morgan fingerprint density at radius 1 is 1.62 bits per heavy atom. The van der Waals surface area contributed by atoms with E-state index in [9.17, 15) is 0 Å². The molecule has 0 aromatic heterocycles. The Bertz CT molecular complexity index is 246. The Kier molecular flexibility index (Phi) is 6.46. The zero-order valence-electron chi connectivity index (χ0n) is 10.2. The van der Waals surface area contributed by atoms with Gasteiger partial charge in [0.05, 0.1) is 24.1 Å². The van der Waals surface area contributed by atoms with Crippen LogP contribution in [0.25, 0.3) is 0 Å². The second-order valence-electron chi connectivity index (χ2n) is 3.74. The highest BCUT2D eigenvalue weighted by Gasteiger charge is 2.23. The summed E-state index contributed by atoms with van der Waals surface area (Å²) in [6, 6.07) is 0. The molecule has 3 nitrogen and oxygen atoms in total. The second-order valence-corrected chi connectivity index (χ2v) is 5.29. The Balaban J connectivity index is 2.77. The smallest absolute Gasteiger partial charge is 0.129 e. The van der Waals surface area contributed by atoms with E-state index in [0.717, 1.165) is 38.5 Å². The van der Waals surface area contributed by atoms with Gasteiger partial charge in [0.15, 0.2) is 0 Å². The lowest BCUT2D eigenvalue weighted by Crippen LogP contribution is -2.36. The van der Waals surface area contributed by atoms with Crippen LogP contribution in [0.5, 0.6) is 0 Å². The maximum atomic E-state index is 5.77. The summed E-state index contributed by atoms with van der Waals surface area (Å²) < 4.78 is 10.9. The van der Waals surface area contributed by atoms with Crippen molar-refractivity contribution in [2.24, 2.45) is 0 Å². The molecule has 0 saturated carbocycles. The van der Waals surface area contributed by atoms with Gasteiger partial charge in [0.1, 0.15) is 12.4 Å². The first-order chi connectivity index (χ1) is 7.74. The van der Waals surface area contributed by atoms with Gasteiger partial charge in [0.2, 0.25) is 0 Å². The molecular weight excluding hydrogens is 242 g/mol. The molecule has 0 aliphatic carbocycles. The Labute approximate surface area is 107 Å². The maximum absolute atomic E-state index is 5.77. The van der Waals surface area contributed by atoms with E-state index in [1.807, 2.05) is 0 Å². The van der Waals surface area contributed by atoms with Gasteiger partial charge in [-0.3, -0.25) is 0 Å². The van der Waals surface area contributed by atoms with Crippen LogP contribution in [0.3, 0.4) is 0 Å². The predicted molar refractivity (Wildman–Crippen MR) is 72.8 cm³/mol. The van der Waals surface area contributed by atoms with E-state index in [1.54, 1.807) is 7.11 Å². The standard InChI is InChI=1S/C11H21NO2S2/c1-4-10-11(9(2)16-15)14-8-6-12(10)5-7-13-3/h9,15H,4-8H2,1-3H3. The van der Waals surface area contributed by atoms with E-state index < -0.39 is 0 Å². The maximum Gasteiger partial charge on any atom is 0.129 e. The molecule has 0 spiro atoms. The van der Waals surface area contributed by atoms with Crippen LogP contribution in [0.1, 0.15) is 20.3 Å². The predicted octanol–water partition coefficient (Wildman–Crippen LogP) is 2.55. The highest BCUT2D eigenvalue weighted by atomic mass is 33.1. The van der Waals surface area contributed by atoms with E-state index in [4.69, 9.17) is 9.47 Å². The third-order valence-corrected chi connectivity index (χ3v) is 4.19. The summed E-state index contributed by atoms with van der Waals surface area (Å²) >= 11 is 4.26. The van der Waals surface area contributed by atoms with Gasteiger partial charge in [-0.05, 0) is 13.3 Å². The summed E-state index contributed by atoms with van der Waals surface area (Å²) in [5.74, 6) is 1.09. The fourth-order valence-electron chi connectivity index (χ4n) is 1.89. The second kappa shape index (κ2) is 7.35. The lowest BCUT2D eigenvalue weighted by atomic mass is 10.2. The van der Waals surface area contributed by atoms with Crippen molar-refractivity contribution in [3.05, 3.63) is 11.5 Å². The quantitative estimate of drug-likeness (QED) is 0.587. The number of nitrogens with zero attached hydrogens (tertiary/aromatic N) is 1. The third-order valence-electron chi connectivity index (χ3n) is 2.71. The van der Waals surface area contributed by atoms with Crippen LogP contribution in [0.4, 0.5) is 0 Å². The summed E-state index contributed by atoms with van der Waals surface area (Å²) in [4.78, 5) is 2.36. The van der Waals surface area contributed by atoms with Crippen molar-refractivity contribution in [3.63, 3.8) is 0 Å². The number of allylic oxidation sites excluding steroid dienone is 1. The van der Waals surface area contributed by atoms with Gasteiger partial charge in [-0.15, -0.1) is 11.7 Å². The van der Waals surface area contributed by atoms with Crippen LogP contribution < -0.4 is 0 Å². The molecular formula is C11H21NO2S2. The largest absolute Gasteiger partial charge is 0.493 e. The van der Waals surface area contributed by atoms with Crippen LogP contribution >= 0.6 is 22.5 Å². The van der Waals surface area contributed by atoms with E-state index >= 15 is 0 Å². The van der Waals surface area contributed by atoms with Crippen molar-refractivity contribution in [2.75, 3.05) is 33.4 Å². The average molecular weight is 263 g/mol. The molecule has 16 heavy (non-hydrogen) atoms. The van der Waals surface area contributed by atoms with Crippen molar-refractivity contribution in [3.8, 4) is 0 Å². The molecule has 1 unspecified atom stereocenters. The summed E-state index contributed by atoms with van der Waals surface area (Å²) in [6.07, 6.45) is 0.998. The highest BCUT2D eigenvalue weighted by molar-refractivity contribution is 8.68. The van der Waals surface area contributed by atoms with Crippen molar-refractivity contribution in [1.29, 1.82) is 0 Å². The monoisotopic (exact) mass is 263 g/mol. The summed E-state index contributed by atoms with van der Waals surface area (Å²) in [5.41, 5.74) is 1.30. The minimum Gasteiger partial charge on any atom is -0.493 e. The molecule has 0 aromatic carbocycles. The molecule has 0 fully saturated rings. The van der Waals surface area contributed by atoms with Crippen LogP contribution in [0.15, 0.2) is 11.5 Å². The molecule has 5 heteroatoms. The van der Waals surface area contributed by atoms with Crippen molar-refractivity contribution in [2.45, 2.75) is 25.5 Å². The van der Waals surface area contributed by atoms with Gasteiger partial charge in [-0.2, -0.15) is 0 Å². The van der Waals surface area contributed by atoms with Crippen LogP contribution in [0, 0.1) is 0 Å². The molecule has 94 valence electrons. The Morgan fingerprint density at radius 3 is 2.94 bits per heavy atom. The number of hydrogen-bond donors (Lipinski definition) is 1. The van der Waals surface area contributed by atoms with E-state index in [0.29, 0.717) is 5.25 Å². The number of rotatable bonds is 6. The number of ether oxygens (including phenoxy) is 2. The topological polar surface area (TPSA) is 21.7 Å². The molecule has 0 bridgehead atoms. The molecule has 0 N–H and O–H groups in total. The first-order valence-corrected chi connectivity index (χ1v) is 7.57. The van der Waals surface area contributed by atoms with E-state index in [2.05, 4.69) is 30.4 Å². The number of thiol groups is 1. The molecule has 0 amide bonds. The van der Waals surface area contributed by atoms with Crippen molar-refractivity contribution < 1.29 is 9.47 Å². The first kappa shape index (κ1) is 14.1. The molecule has 0 radical (unpaired) electrons. The van der Waals surface area contributed by atoms with Gasteiger partial charge in [-0.25, -0.2) is 0 Å². The highest BCUT2D eigenvalue weighted by Crippen LogP contribution is 2.30. The zero-order chi connectivity index (χ0) is 12.0. The fourth-order valence-corrected chi connectivity index (χ4v) is 2.47. The Hall–Kier alpha value is -0.0000000000000000763. The molecule has 1 aliphatic heterocycles. The normalized spacial score (nSPS) is 18.6. The lowest BCUT2D eigenvalue weighted by Gasteiger charge is -2.34. The van der Waals surface area contributed by atoms with Crippen LogP contribution in [-0.2, 0) is 9.47 Å². The van der Waals surface area contributed by atoms with Gasteiger partial charge >= 0.3 is 0 Å². The molecule has 0 aromatic rings. The van der Waals surface area contributed by atoms with Crippen LogP contribution in [-0.4, -0.2) is 43.6 Å². The molecule has 0 saturated heterocycles. The molecule has 1 aliphatic rings. The van der Waals surface area contributed by atoms with E-state index in [1.165, 1.54) is 16.5 Å². The SMILES string of the molecule is CCC1=C(C(C)SS)OCCN1CCOC. The summed E-state index contributed by atoms with van der Waals surface area (Å²) in [5, 5.41) is 0.309. The van der Waals surface area contributed by atoms with Gasteiger partial charge in [-0.1, -0.05) is 17.7 Å². The lowest BCUT2D eigenvalue weighted by molar-refractivity contribution is 0.0981. The fraction of sp³-hybridized carbons (Fsp3) is 0.818. The summed E-state index contributed by atoms with van der Waals surface area (Å²) in [7, 11) is 3.27. The van der Waals surface area contributed by atoms with Gasteiger partial charge in [0, 0.05) is 13.7 Å². The zero-order valence-corrected chi connectivity index (χ0v) is 11.9. The molecule has 1 heterocycles. The van der Waals surface area contributed by atoms with Gasteiger partial charge in [0.25, 0.3) is 0 Å². The van der Waals surface area contributed by atoms with Crippen molar-refractivity contribution in [1.82, 2.24) is 4.90 Å². The minimum absolute atomic E-state index is 0.309. The van der Waals surface area contributed by atoms with Crippen molar-refractivity contribution >= 4 is 22.5 Å². The molecule has 1 atom stereocenters. The summed E-state index contributed by atoms with van der Waals surface area (Å²) in [6.45, 7) is 7.72. The average Bonchev–Trinajstić information content (AvgIpc) is 2.34. The number of hydrogen-bond acceptors (Lipinski definition) is 5.